The maximum atomic E-state index is 13.5. The van der Waals surface area contributed by atoms with Gasteiger partial charge in [-0.05, 0) is 54.2 Å². The molecule has 9 nitrogen and oxygen atoms in total. The molecule has 1 atom stereocenters. The van der Waals surface area contributed by atoms with Gasteiger partial charge in [-0.1, -0.05) is 41.9 Å². The zero-order valence-electron chi connectivity index (χ0n) is 20.6. The van der Waals surface area contributed by atoms with Crippen molar-refractivity contribution in [2.75, 3.05) is 19.5 Å². The molecule has 0 aliphatic carbocycles. The second-order valence-corrected chi connectivity index (χ2v) is 9.18. The highest BCUT2D eigenvalue weighted by Crippen LogP contribution is 2.25. The van der Waals surface area contributed by atoms with Crippen LogP contribution in [0.5, 0.6) is 11.5 Å². The summed E-state index contributed by atoms with van der Waals surface area (Å²) in [6, 6.07) is 19.5. The van der Waals surface area contributed by atoms with E-state index in [1.54, 1.807) is 30.3 Å². The number of thiocarbonyl (C=S) groups is 1. The van der Waals surface area contributed by atoms with Crippen molar-refractivity contribution >= 4 is 52.3 Å². The molecule has 3 amide bonds. The van der Waals surface area contributed by atoms with Crippen LogP contribution in [0.15, 0.2) is 72.8 Å². The lowest BCUT2D eigenvalue weighted by Gasteiger charge is -2.24. The number of hydrazine groups is 1. The van der Waals surface area contributed by atoms with E-state index in [-0.39, 0.29) is 23.6 Å². The number of nitrogens with zero attached hydrogens (tertiary/aromatic N) is 2. The number of carbonyl (C=O) groups is 3. The van der Waals surface area contributed by atoms with Gasteiger partial charge in [-0.15, -0.1) is 0 Å². The first-order chi connectivity index (χ1) is 18.3. The van der Waals surface area contributed by atoms with Crippen LogP contribution in [0.4, 0.5) is 5.69 Å². The van der Waals surface area contributed by atoms with Gasteiger partial charge in [0.2, 0.25) is 5.91 Å². The Morgan fingerprint density at radius 1 is 0.974 bits per heavy atom. The number of hydrogen-bond donors (Lipinski definition) is 2. The van der Waals surface area contributed by atoms with Crippen LogP contribution in [0.2, 0.25) is 5.02 Å². The SMILES string of the molecule is COc1cc(OC)cc(C(=O)NN2C(=S)N(Cc3ccccc3)C(=O)C2CC(=O)Nc2ccc(Cl)cc2)c1. The molecule has 3 aromatic rings. The highest BCUT2D eigenvalue weighted by Gasteiger charge is 2.44. The number of hydrogen-bond acceptors (Lipinski definition) is 6. The molecular weight excluding hydrogens is 528 g/mol. The van der Waals surface area contributed by atoms with Crippen molar-refractivity contribution in [1.29, 1.82) is 0 Å². The van der Waals surface area contributed by atoms with Crippen LogP contribution in [0, 0.1) is 0 Å². The average Bonchev–Trinajstić information content (AvgIpc) is 3.13. The number of methoxy groups -OCH3 is 2. The molecule has 1 heterocycles. The number of benzene rings is 3. The van der Waals surface area contributed by atoms with Crippen LogP contribution in [0.1, 0.15) is 22.3 Å². The first-order valence-corrected chi connectivity index (χ1v) is 12.4. The van der Waals surface area contributed by atoms with Crippen molar-refractivity contribution < 1.29 is 23.9 Å². The lowest BCUT2D eigenvalue weighted by Crippen LogP contribution is -2.49. The Kier molecular flexibility index (Phi) is 8.45. The molecule has 38 heavy (non-hydrogen) atoms. The fraction of sp³-hybridized carbons (Fsp3) is 0.185. The lowest BCUT2D eigenvalue weighted by atomic mass is 10.1. The molecule has 0 spiro atoms. The molecular formula is C27H25ClN4O5S. The third kappa shape index (κ3) is 6.21. The Bertz CT molecular complexity index is 1330. The van der Waals surface area contributed by atoms with E-state index in [1.807, 2.05) is 30.3 Å². The van der Waals surface area contributed by atoms with Crippen molar-refractivity contribution in [3.63, 3.8) is 0 Å². The van der Waals surface area contributed by atoms with Gasteiger partial charge >= 0.3 is 0 Å². The maximum absolute atomic E-state index is 13.5. The summed E-state index contributed by atoms with van der Waals surface area (Å²) < 4.78 is 10.5. The third-order valence-electron chi connectivity index (χ3n) is 5.83. The van der Waals surface area contributed by atoms with Crippen LogP contribution in [-0.4, -0.2) is 53.0 Å². The van der Waals surface area contributed by atoms with Gasteiger partial charge in [0, 0.05) is 22.3 Å². The number of halogens is 1. The molecule has 1 aliphatic rings. The molecule has 1 aliphatic heterocycles. The first kappa shape index (κ1) is 26.9. The van der Waals surface area contributed by atoms with E-state index in [9.17, 15) is 14.4 Å². The van der Waals surface area contributed by atoms with Gasteiger partial charge in [0.25, 0.3) is 11.8 Å². The molecule has 4 rings (SSSR count). The monoisotopic (exact) mass is 552 g/mol. The van der Waals surface area contributed by atoms with E-state index in [0.717, 1.165) is 5.56 Å². The number of rotatable bonds is 9. The largest absolute Gasteiger partial charge is 0.497 e. The van der Waals surface area contributed by atoms with E-state index in [0.29, 0.717) is 22.2 Å². The zero-order chi connectivity index (χ0) is 27.2. The molecule has 1 fully saturated rings. The molecule has 1 saturated heterocycles. The summed E-state index contributed by atoms with van der Waals surface area (Å²) in [6.07, 6.45) is -0.255. The predicted octanol–water partition coefficient (Wildman–Crippen LogP) is 4.03. The lowest BCUT2D eigenvalue weighted by molar-refractivity contribution is -0.131. The number of amides is 3. The van der Waals surface area contributed by atoms with Gasteiger partial charge in [0.15, 0.2) is 5.11 Å². The number of anilines is 1. The Labute approximate surface area is 230 Å². The molecule has 3 aromatic carbocycles. The second kappa shape index (κ2) is 11.9. The van der Waals surface area contributed by atoms with Gasteiger partial charge < -0.3 is 14.8 Å². The third-order valence-corrected chi connectivity index (χ3v) is 6.49. The smallest absolute Gasteiger partial charge is 0.270 e. The van der Waals surface area contributed by atoms with Crippen molar-refractivity contribution in [2.24, 2.45) is 0 Å². The Morgan fingerprint density at radius 3 is 2.21 bits per heavy atom. The minimum absolute atomic E-state index is 0.0753. The van der Waals surface area contributed by atoms with Crippen molar-refractivity contribution in [2.45, 2.75) is 19.0 Å². The molecule has 196 valence electrons. The Balaban J connectivity index is 1.58. The summed E-state index contributed by atoms with van der Waals surface area (Å²) in [5.74, 6) is -0.564. The van der Waals surface area contributed by atoms with E-state index in [4.69, 9.17) is 33.3 Å². The number of carbonyl (C=O) groups excluding carboxylic acids is 3. The summed E-state index contributed by atoms with van der Waals surface area (Å²) in [4.78, 5) is 41.0. The Hall–Kier alpha value is -4.15. The highest BCUT2D eigenvalue weighted by atomic mass is 35.5. The van der Waals surface area contributed by atoms with Crippen molar-refractivity contribution in [3.8, 4) is 11.5 Å². The second-order valence-electron chi connectivity index (χ2n) is 8.38. The van der Waals surface area contributed by atoms with Crippen molar-refractivity contribution in [1.82, 2.24) is 15.3 Å². The number of nitrogens with one attached hydrogen (secondary N) is 2. The predicted molar refractivity (Wildman–Crippen MR) is 147 cm³/mol. The van der Waals surface area contributed by atoms with Gasteiger partial charge in [-0.3, -0.25) is 24.7 Å². The summed E-state index contributed by atoms with van der Waals surface area (Å²) in [5.41, 5.74) is 4.29. The van der Waals surface area contributed by atoms with Gasteiger partial charge in [-0.25, -0.2) is 5.01 Å². The molecule has 0 bridgehead atoms. The zero-order valence-corrected chi connectivity index (χ0v) is 22.2. The fourth-order valence-corrected chi connectivity index (χ4v) is 4.35. The standard InChI is InChI=1S/C27H25ClN4O5S/c1-36-21-12-18(13-22(14-21)37-2)25(34)30-32-23(15-24(33)29-20-10-8-19(28)9-11-20)26(35)31(27(32)38)16-17-6-4-3-5-7-17/h3-14,23H,15-16H2,1-2H3,(H,29,33)(H,30,34). The minimum atomic E-state index is -1.06. The summed E-state index contributed by atoms with van der Waals surface area (Å²) in [5, 5.41) is 4.61. The minimum Gasteiger partial charge on any atom is -0.497 e. The summed E-state index contributed by atoms with van der Waals surface area (Å²) >= 11 is 11.5. The molecule has 11 heteroatoms. The quantitative estimate of drug-likeness (QED) is 0.387. The molecule has 0 saturated carbocycles. The topological polar surface area (TPSA) is 100 Å². The molecule has 1 unspecified atom stereocenters. The molecule has 0 aromatic heterocycles. The van der Waals surface area contributed by atoms with Gasteiger partial charge in [-0.2, -0.15) is 0 Å². The molecule has 2 N–H and O–H groups in total. The van der Waals surface area contributed by atoms with E-state index >= 15 is 0 Å². The summed E-state index contributed by atoms with van der Waals surface area (Å²) in [6.45, 7) is 0.188. The van der Waals surface area contributed by atoms with Gasteiger partial charge in [0.1, 0.15) is 17.5 Å². The molecule has 0 radical (unpaired) electrons. The van der Waals surface area contributed by atoms with E-state index < -0.39 is 23.8 Å². The van der Waals surface area contributed by atoms with Crippen LogP contribution in [0.3, 0.4) is 0 Å². The fourth-order valence-electron chi connectivity index (χ4n) is 3.90. The van der Waals surface area contributed by atoms with Crippen LogP contribution < -0.4 is 20.2 Å². The van der Waals surface area contributed by atoms with Gasteiger partial charge in [0.05, 0.1) is 27.2 Å². The highest BCUT2D eigenvalue weighted by molar-refractivity contribution is 7.80. The normalized spacial score (nSPS) is 14.9. The van der Waals surface area contributed by atoms with E-state index in [2.05, 4.69) is 10.7 Å². The number of ether oxygens (including phenoxy) is 2. The first-order valence-electron chi connectivity index (χ1n) is 11.6. The van der Waals surface area contributed by atoms with E-state index in [1.165, 1.54) is 36.3 Å². The van der Waals surface area contributed by atoms with Crippen LogP contribution in [-0.2, 0) is 16.1 Å². The van der Waals surface area contributed by atoms with Crippen LogP contribution in [0.25, 0.3) is 0 Å². The van der Waals surface area contributed by atoms with Crippen molar-refractivity contribution in [3.05, 3.63) is 88.9 Å². The summed E-state index contributed by atoms with van der Waals surface area (Å²) in [7, 11) is 2.95. The Morgan fingerprint density at radius 2 is 1.61 bits per heavy atom. The average molecular weight is 553 g/mol. The maximum Gasteiger partial charge on any atom is 0.270 e. The van der Waals surface area contributed by atoms with Crippen LogP contribution >= 0.6 is 23.8 Å².